The summed E-state index contributed by atoms with van der Waals surface area (Å²) in [6.45, 7) is 4.63. The van der Waals surface area contributed by atoms with Crippen molar-refractivity contribution in [3.05, 3.63) is 0 Å². The lowest BCUT2D eigenvalue weighted by atomic mass is 10.0. The molecule has 0 nitrogen and oxygen atoms in total. The van der Waals surface area contributed by atoms with E-state index in [0.29, 0.717) is 0 Å². The van der Waals surface area contributed by atoms with E-state index in [2.05, 4.69) is 13.8 Å². The van der Waals surface area contributed by atoms with Crippen molar-refractivity contribution in [1.29, 1.82) is 0 Å². The second-order valence-electron chi connectivity index (χ2n) is 17.5. The third-order valence-corrected chi connectivity index (χ3v) is 16.2. The van der Waals surface area contributed by atoms with Gasteiger partial charge in [-0.3, -0.25) is 0 Å². The van der Waals surface area contributed by atoms with Gasteiger partial charge in [0.25, 0.3) is 0 Å². The molecular weight excluding hydrogens is 662 g/mol. The van der Waals surface area contributed by atoms with Crippen LogP contribution in [0.2, 0.25) is 0 Å². The molecule has 314 valence electrons. The van der Waals surface area contributed by atoms with E-state index in [-0.39, 0.29) is 0 Å². The van der Waals surface area contributed by atoms with Crippen LogP contribution >= 0.6 is 16.5 Å². The first kappa shape index (κ1) is 52.9. The van der Waals surface area contributed by atoms with Gasteiger partial charge in [0.15, 0.2) is 0 Å². The molecule has 0 aliphatic rings. The van der Waals surface area contributed by atoms with Crippen molar-refractivity contribution in [3.8, 4) is 0 Å². The first-order chi connectivity index (χ1) is 25.9. The summed E-state index contributed by atoms with van der Waals surface area (Å²) in [5.41, 5.74) is 0. The van der Waals surface area contributed by atoms with Gasteiger partial charge in [-0.2, -0.15) is 0 Å². The number of hydrogen-bond acceptors (Lipinski definition) is 0. The van der Waals surface area contributed by atoms with E-state index in [1.165, 1.54) is 297 Å². The third-order valence-electron chi connectivity index (χ3n) is 12.0. The highest BCUT2D eigenvalue weighted by Crippen LogP contribution is 2.38. The maximum atomic E-state index is 2.31. The molecule has 0 aromatic heterocycles. The minimum atomic E-state index is 0.788. The van der Waals surface area contributed by atoms with Gasteiger partial charge in [-0.25, -0.2) is 0 Å². The summed E-state index contributed by atoms with van der Waals surface area (Å²) in [5.74, 6) is 0. The highest BCUT2D eigenvalue weighted by molar-refractivity contribution is 8.11. The van der Waals surface area contributed by atoms with Crippen molar-refractivity contribution in [3.63, 3.8) is 0 Å². The Hall–Kier alpha value is 0.860. The topological polar surface area (TPSA) is 0 Å². The van der Waals surface area contributed by atoms with E-state index in [9.17, 15) is 0 Å². The molecule has 0 aliphatic heterocycles. The maximum absolute atomic E-state index is 2.31. The minimum absolute atomic E-state index is 0.788. The Morgan fingerprint density at radius 1 is 0.212 bits per heavy atom. The molecule has 52 heavy (non-hydrogen) atoms. The molecule has 0 aromatic rings. The Balaban J connectivity index is 3.04. The van der Waals surface area contributed by atoms with Gasteiger partial charge in [-0.15, -0.1) is 0 Å². The van der Waals surface area contributed by atoms with Crippen LogP contribution in [0.15, 0.2) is 0 Å². The normalized spacial score (nSPS) is 12.1. The summed E-state index contributed by atoms with van der Waals surface area (Å²) < 4.78 is 0. The Morgan fingerprint density at radius 3 is 0.596 bits per heavy atom. The Bertz CT molecular complexity index is 527. The fourth-order valence-corrected chi connectivity index (χ4v) is 12.1. The monoisotopic (exact) mass is 768 g/mol. The molecule has 0 N–H and O–H groups in total. The van der Waals surface area contributed by atoms with Crippen LogP contribution in [0.3, 0.4) is 0 Å². The van der Waals surface area contributed by atoms with E-state index in [4.69, 9.17) is 0 Å². The second-order valence-corrected chi connectivity index (χ2v) is 21.8. The smallest absolute Gasteiger partial charge is 0.0569 e. The van der Waals surface area contributed by atoms with E-state index in [1.54, 1.807) is 18.7 Å². The predicted octanol–water partition coefficient (Wildman–Crippen LogP) is 20.0. The van der Waals surface area contributed by atoms with Crippen molar-refractivity contribution < 1.29 is 0 Å². The van der Waals surface area contributed by atoms with Crippen molar-refractivity contribution in [2.45, 2.75) is 309 Å². The van der Waals surface area contributed by atoms with Crippen LogP contribution in [0.5, 0.6) is 0 Å². The Morgan fingerprint density at radius 2 is 0.385 bits per heavy atom. The van der Waals surface area contributed by atoms with Crippen LogP contribution in [0.4, 0.5) is 0 Å². The van der Waals surface area contributed by atoms with Crippen LogP contribution < -0.4 is 0 Å². The van der Waals surface area contributed by atoms with Gasteiger partial charge in [-0.1, -0.05) is 290 Å². The summed E-state index contributed by atoms with van der Waals surface area (Å²) >= 11 is 0. The van der Waals surface area contributed by atoms with Gasteiger partial charge in [0, 0.05) is 16.5 Å². The zero-order valence-corrected chi connectivity index (χ0v) is 39.2. The Labute approximate surface area is 336 Å². The molecule has 0 radical (unpaired) electrons. The van der Waals surface area contributed by atoms with Crippen molar-refractivity contribution in [2.24, 2.45) is 0 Å². The van der Waals surface area contributed by atoms with Gasteiger partial charge in [0.2, 0.25) is 0 Å². The zero-order chi connectivity index (χ0) is 37.4. The molecule has 0 aromatic carbocycles. The molecule has 0 saturated heterocycles. The highest BCUT2D eigenvalue weighted by Gasteiger charge is 2.00. The highest BCUT2D eigenvalue weighted by atomic mass is 32.0. The van der Waals surface area contributed by atoms with Crippen LogP contribution in [-0.4, -0.2) is 12.3 Å². The first-order valence-corrected chi connectivity index (χ1v) is 29.3. The second kappa shape index (κ2) is 51.9. The molecule has 0 rings (SSSR count). The molecule has 0 aliphatic carbocycles. The third kappa shape index (κ3) is 50.9. The van der Waals surface area contributed by atoms with E-state index >= 15 is 0 Å². The summed E-state index contributed by atoms with van der Waals surface area (Å²) in [7, 11) is 2.12. The SMILES string of the molecule is CCCCCCCCCCCCCCCCCCCCCCCCCP[PH2+]CCCCCCCCCCCCCCCCCCCCCCCCC. The molecule has 0 heterocycles. The van der Waals surface area contributed by atoms with Gasteiger partial charge >= 0.3 is 0 Å². The zero-order valence-electron chi connectivity index (χ0n) is 37.0. The lowest BCUT2D eigenvalue weighted by molar-refractivity contribution is 0.519. The van der Waals surface area contributed by atoms with Crippen LogP contribution in [0.1, 0.15) is 309 Å². The lowest BCUT2D eigenvalue weighted by Crippen LogP contribution is -1.85. The van der Waals surface area contributed by atoms with E-state index in [1.807, 2.05) is 0 Å². The largest absolute Gasteiger partial charge is 0.0654 e. The van der Waals surface area contributed by atoms with Crippen molar-refractivity contribution >= 4 is 16.5 Å². The maximum Gasteiger partial charge on any atom is 0.0569 e. The van der Waals surface area contributed by atoms with Crippen LogP contribution in [-0.2, 0) is 0 Å². The van der Waals surface area contributed by atoms with Gasteiger partial charge < -0.3 is 0 Å². The Kier molecular flexibility index (Phi) is 52.7. The van der Waals surface area contributed by atoms with Crippen LogP contribution in [0.25, 0.3) is 0 Å². The molecule has 0 bridgehead atoms. The number of rotatable bonds is 49. The fourth-order valence-electron chi connectivity index (χ4n) is 8.25. The van der Waals surface area contributed by atoms with Gasteiger partial charge in [-0.05, 0) is 25.4 Å². The molecular formula is C50H105P2+. The summed E-state index contributed by atoms with van der Waals surface area (Å²) in [5, 5.41) is 0. The molecule has 0 saturated carbocycles. The first-order valence-electron chi connectivity index (χ1n) is 25.5. The van der Waals surface area contributed by atoms with Crippen molar-refractivity contribution in [2.75, 3.05) is 12.3 Å². The average Bonchev–Trinajstić information content (AvgIpc) is 3.16. The summed E-state index contributed by atoms with van der Waals surface area (Å²) in [6, 6.07) is 0. The number of unbranched alkanes of at least 4 members (excludes halogenated alkanes) is 44. The number of hydrogen-bond donors (Lipinski definition) is 0. The molecule has 0 fully saturated rings. The van der Waals surface area contributed by atoms with E-state index in [0.717, 1.165) is 8.27 Å². The standard InChI is InChI=1S/C50H104P2/c1-3-5-7-9-11-13-15-17-19-21-23-25-27-29-31-33-35-37-39-41-43-45-47-49-51-52-50-48-46-44-42-40-38-36-34-32-30-28-26-24-22-20-18-16-14-12-10-8-6-4-2/h51-52H,3-50H2,1-2H3/p+1. The summed E-state index contributed by atoms with van der Waals surface area (Å²) in [6.07, 6.45) is 71.8. The summed E-state index contributed by atoms with van der Waals surface area (Å²) in [4.78, 5) is 0. The molecule has 0 spiro atoms. The lowest BCUT2D eigenvalue weighted by Gasteiger charge is -2.04. The molecule has 2 heteroatoms. The average molecular weight is 768 g/mol. The minimum Gasteiger partial charge on any atom is -0.0654 e. The molecule has 2 unspecified atom stereocenters. The van der Waals surface area contributed by atoms with Gasteiger partial charge in [0.1, 0.15) is 0 Å². The molecule has 2 atom stereocenters. The van der Waals surface area contributed by atoms with Crippen molar-refractivity contribution in [1.82, 2.24) is 0 Å². The van der Waals surface area contributed by atoms with Crippen LogP contribution in [0, 0.1) is 0 Å². The molecule has 0 amide bonds. The van der Waals surface area contributed by atoms with Gasteiger partial charge in [0.05, 0.1) is 6.16 Å². The fraction of sp³-hybridized carbons (Fsp3) is 1.00. The quantitative estimate of drug-likeness (QED) is 0.0427. The predicted molar refractivity (Wildman–Crippen MR) is 251 cm³/mol. The van der Waals surface area contributed by atoms with E-state index < -0.39 is 0 Å².